The molecule has 4 fully saturated rings. The second-order valence-corrected chi connectivity index (χ2v) is 12.0. The standard InChI is InChI=1S/C30H40O3/c1-20(31)33-23-15-17-29(2)22(19-23)10-11-24-25-12-13-27(30(25,3)18-16-26(24)29)28(32)14-9-21-7-5-4-6-8-21/h4-9,14,22-27H,10-13,15-19H2,1-3H3/b14-9+/t22-,23+,24+,25-,26+,27-,29-,30-/m0/s1. The van der Waals surface area contributed by atoms with E-state index in [2.05, 4.69) is 26.0 Å². The van der Waals surface area contributed by atoms with Gasteiger partial charge in [0, 0.05) is 12.8 Å². The van der Waals surface area contributed by atoms with Crippen molar-refractivity contribution < 1.29 is 14.3 Å². The van der Waals surface area contributed by atoms with Crippen LogP contribution < -0.4 is 0 Å². The van der Waals surface area contributed by atoms with Gasteiger partial charge in [0.2, 0.25) is 0 Å². The van der Waals surface area contributed by atoms with Crippen LogP contribution in [0, 0.1) is 40.4 Å². The first-order valence-corrected chi connectivity index (χ1v) is 13.3. The van der Waals surface area contributed by atoms with E-state index in [9.17, 15) is 9.59 Å². The topological polar surface area (TPSA) is 43.4 Å². The third kappa shape index (κ3) is 4.00. The summed E-state index contributed by atoms with van der Waals surface area (Å²) < 4.78 is 5.62. The molecule has 8 atom stereocenters. The van der Waals surface area contributed by atoms with Crippen LogP contribution in [0.5, 0.6) is 0 Å². The molecule has 4 saturated carbocycles. The van der Waals surface area contributed by atoms with Crippen LogP contribution in [0.2, 0.25) is 0 Å². The van der Waals surface area contributed by atoms with Gasteiger partial charge in [-0.1, -0.05) is 50.3 Å². The zero-order valence-corrected chi connectivity index (χ0v) is 20.6. The largest absolute Gasteiger partial charge is 0.463 e. The summed E-state index contributed by atoms with van der Waals surface area (Å²) in [4.78, 5) is 24.8. The van der Waals surface area contributed by atoms with E-state index in [-0.39, 0.29) is 23.4 Å². The van der Waals surface area contributed by atoms with Gasteiger partial charge < -0.3 is 4.74 Å². The zero-order chi connectivity index (χ0) is 23.2. The summed E-state index contributed by atoms with van der Waals surface area (Å²) in [6.45, 7) is 6.52. The van der Waals surface area contributed by atoms with E-state index in [0.717, 1.165) is 36.7 Å². The minimum atomic E-state index is -0.131. The third-order valence-corrected chi connectivity index (χ3v) is 10.5. The second-order valence-electron chi connectivity index (χ2n) is 12.0. The lowest BCUT2D eigenvalue weighted by Crippen LogP contribution is -2.54. The van der Waals surface area contributed by atoms with Gasteiger partial charge in [-0.3, -0.25) is 9.59 Å². The number of esters is 1. The number of carbonyl (C=O) groups excluding carboxylic acids is 2. The van der Waals surface area contributed by atoms with Crippen LogP contribution in [0.3, 0.4) is 0 Å². The summed E-state index contributed by atoms with van der Waals surface area (Å²) in [5.41, 5.74) is 1.62. The van der Waals surface area contributed by atoms with Crippen LogP contribution in [0.25, 0.3) is 6.08 Å². The monoisotopic (exact) mass is 448 g/mol. The molecule has 0 spiro atoms. The Hall–Kier alpha value is -1.90. The maximum absolute atomic E-state index is 13.3. The van der Waals surface area contributed by atoms with Crippen molar-refractivity contribution in [2.45, 2.75) is 84.7 Å². The van der Waals surface area contributed by atoms with Gasteiger partial charge in [-0.2, -0.15) is 0 Å². The SMILES string of the molecule is CC(=O)O[C@@H]1CC[C@@]2(C)[C@@H](CC[C@H]3[C@H]2CC[C@]2(C)[C@H](C(=O)/C=C/c4ccccc4)CC[C@@H]32)C1. The van der Waals surface area contributed by atoms with E-state index in [1.54, 1.807) is 6.92 Å². The van der Waals surface area contributed by atoms with E-state index in [4.69, 9.17) is 4.74 Å². The van der Waals surface area contributed by atoms with Crippen molar-refractivity contribution in [3.8, 4) is 0 Å². The summed E-state index contributed by atoms with van der Waals surface area (Å²) in [5.74, 6) is 3.26. The molecule has 1 aromatic carbocycles. The first-order chi connectivity index (χ1) is 15.8. The number of carbonyl (C=O) groups is 2. The van der Waals surface area contributed by atoms with Gasteiger partial charge in [0.05, 0.1) is 0 Å². The molecule has 4 aliphatic rings. The van der Waals surface area contributed by atoms with Crippen LogP contribution in [0.15, 0.2) is 36.4 Å². The highest BCUT2D eigenvalue weighted by molar-refractivity contribution is 5.96. The number of rotatable bonds is 4. The zero-order valence-electron chi connectivity index (χ0n) is 20.6. The fraction of sp³-hybridized carbons (Fsp3) is 0.667. The molecule has 3 heteroatoms. The van der Waals surface area contributed by atoms with Crippen LogP contribution in [-0.4, -0.2) is 17.9 Å². The molecule has 0 amide bonds. The van der Waals surface area contributed by atoms with Gasteiger partial charge in [-0.25, -0.2) is 0 Å². The van der Waals surface area contributed by atoms with E-state index in [1.165, 1.54) is 38.5 Å². The average Bonchev–Trinajstić information content (AvgIpc) is 3.15. The van der Waals surface area contributed by atoms with Gasteiger partial charge in [0.25, 0.3) is 0 Å². The predicted octanol–water partition coefficient (Wildman–Crippen LogP) is 6.86. The molecule has 0 saturated heterocycles. The van der Waals surface area contributed by atoms with Crippen molar-refractivity contribution >= 4 is 17.8 Å². The average molecular weight is 449 g/mol. The summed E-state index contributed by atoms with van der Waals surface area (Å²) in [6, 6.07) is 10.2. The number of benzene rings is 1. The molecule has 1 aromatic rings. The summed E-state index contributed by atoms with van der Waals surface area (Å²) in [7, 11) is 0. The Morgan fingerprint density at radius 1 is 0.909 bits per heavy atom. The van der Waals surface area contributed by atoms with E-state index in [0.29, 0.717) is 23.0 Å². The molecule has 0 unspecified atom stereocenters. The highest BCUT2D eigenvalue weighted by Crippen LogP contribution is 2.67. The lowest BCUT2D eigenvalue weighted by Gasteiger charge is -2.61. The van der Waals surface area contributed by atoms with E-state index >= 15 is 0 Å². The number of ketones is 1. The maximum atomic E-state index is 13.3. The molecule has 0 heterocycles. The molecular weight excluding hydrogens is 408 g/mol. The van der Waals surface area contributed by atoms with Crippen molar-refractivity contribution in [3.05, 3.63) is 42.0 Å². The molecular formula is C30H40O3. The molecule has 0 radical (unpaired) electrons. The fourth-order valence-electron chi connectivity index (χ4n) is 8.89. The van der Waals surface area contributed by atoms with Gasteiger partial charge in [-0.05, 0) is 104 Å². The number of ether oxygens (including phenoxy) is 1. The molecule has 178 valence electrons. The Bertz CT molecular complexity index is 920. The number of fused-ring (bicyclic) bond motifs is 5. The second kappa shape index (κ2) is 8.71. The fourth-order valence-corrected chi connectivity index (χ4v) is 8.89. The first-order valence-electron chi connectivity index (χ1n) is 13.3. The van der Waals surface area contributed by atoms with Crippen molar-refractivity contribution in [3.63, 3.8) is 0 Å². The van der Waals surface area contributed by atoms with Crippen molar-refractivity contribution in [1.29, 1.82) is 0 Å². The highest BCUT2D eigenvalue weighted by atomic mass is 16.5. The van der Waals surface area contributed by atoms with Crippen molar-refractivity contribution in [2.75, 3.05) is 0 Å². The van der Waals surface area contributed by atoms with Gasteiger partial charge in [-0.15, -0.1) is 0 Å². The van der Waals surface area contributed by atoms with Crippen LogP contribution >= 0.6 is 0 Å². The first kappa shape index (κ1) is 22.9. The summed E-state index contributed by atoms with van der Waals surface area (Å²) in [5, 5.41) is 0. The Labute approximate surface area is 199 Å². The minimum Gasteiger partial charge on any atom is -0.463 e. The van der Waals surface area contributed by atoms with Crippen molar-refractivity contribution in [2.24, 2.45) is 40.4 Å². The van der Waals surface area contributed by atoms with E-state index < -0.39 is 0 Å². The highest BCUT2D eigenvalue weighted by Gasteiger charge is 2.61. The molecule has 3 nitrogen and oxygen atoms in total. The molecule has 0 aromatic heterocycles. The number of hydrogen-bond acceptors (Lipinski definition) is 3. The smallest absolute Gasteiger partial charge is 0.302 e. The third-order valence-electron chi connectivity index (χ3n) is 10.5. The van der Waals surface area contributed by atoms with Crippen LogP contribution in [0.4, 0.5) is 0 Å². The van der Waals surface area contributed by atoms with Crippen molar-refractivity contribution in [1.82, 2.24) is 0 Å². The normalized spacial score (nSPS) is 42.3. The molecule has 0 aliphatic heterocycles. The lowest BCUT2D eigenvalue weighted by atomic mass is 9.44. The predicted molar refractivity (Wildman–Crippen MR) is 131 cm³/mol. The van der Waals surface area contributed by atoms with Gasteiger partial charge >= 0.3 is 5.97 Å². The molecule has 0 bridgehead atoms. The quantitative estimate of drug-likeness (QED) is 0.373. The summed E-state index contributed by atoms with van der Waals surface area (Å²) >= 11 is 0. The molecule has 33 heavy (non-hydrogen) atoms. The number of allylic oxidation sites excluding steroid dienone is 1. The van der Waals surface area contributed by atoms with Crippen LogP contribution in [0.1, 0.15) is 84.1 Å². The van der Waals surface area contributed by atoms with Crippen LogP contribution in [-0.2, 0) is 14.3 Å². The summed E-state index contributed by atoms with van der Waals surface area (Å²) in [6.07, 6.45) is 14.5. The Morgan fingerprint density at radius 2 is 1.64 bits per heavy atom. The molecule has 0 N–H and O–H groups in total. The lowest BCUT2D eigenvalue weighted by molar-refractivity contribution is -0.160. The Balaban J connectivity index is 1.30. The van der Waals surface area contributed by atoms with Gasteiger partial charge in [0.1, 0.15) is 6.10 Å². The minimum absolute atomic E-state index is 0.121. The molecule has 4 aliphatic carbocycles. The molecule has 5 rings (SSSR count). The van der Waals surface area contributed by atoms with E-state index in [1.807, 2.05) is 30.4 Å². The maximum Gasteiger partial charge on any atom is 0.302 e. The Kier molecular flexibility index (Phi) is 6.04. The van der Waals surface area contributed by atoms with Gasteiger partial charge in [0.15, 0.2) is 5.78 Å². The number of hydrogen-bond donors (Lipinski definition) is 0. The Morgan fingerprint density at radius 3 is 2.39 bits per heavy atom.